The van der Waals surface area contributed by atoms with Gasteiger partial charge in [0.15, 0.2) is 0 Å². The number of carbonyl (C=O) groups is 1. The van der Waals surface area contributed by atoms with Gasteiger partial charge in [-0.15, -0.1) is 0 Å². The molecule has 110 valence electrons. The Morgan fingerprint density at radius 1 is 1.35 bits per heavy atom. The van der Waals surface area contributed by atoms with Gasteiger partial charge in [-0.25, -0.2) is 12.7 Å². The van der Waals surface area contributed by atoms with Crippen molar-refractivity contribution in [2.24, 2.45) is 5.92 Å². The minimum atomic E-state index is -3.35. The molecule has 1 aliphatic heterocycles. The summed E-state index contributed by atoms with van der Waals surface area (Å²) in [4.78, 5) is 11.5. The van der Waals surface area contributed by atoms with Gasteiger partial charge in [-0.2, -0.15) is 0 Å². The lowest BCUT2D eigenvalue weighted by atomic mass is 10.1. The second-order valence-electron chi connectivity index (χ2n) is 5.20. The molecule has 1 aromatic rings. The molecule has 1 heterocycles. The standard InChI is InChI=1S/C14H20N2O3S/c1-11-3-5-12(6-4-11)10-20(18,19)16-8-7-13(9-16)14(17)15-2/h3-6,13H,7-10H2,1-2H3,(H,15,17). The summed E-state index contributed by atoms with van der Waals surface area (Å²) in [6, 6.07) is 7.47. The van der Waals surface area contributed by atoms with Crippen LogP contribution in [0.2, 0.25) is 0 Å². The number of amides is 1. The molecule has 20 heavy (non-hydrogen) atoms. The molecule has 1 saturated heterocycles. The average Bonchev–Trinajstić information content (AvgIpc) is 2.91. The molecule has 0 spiro atoms. The molecule has 1 unspecified atom stereocenters. The lowest BCUT2D eigenvalue weighted by Crippen LogP contribution is -2.33. The zero-order valence-corrected chi connectivity index (χ0v) is 12.6. The van der Waals surface area contributed by atoms with Gasteiger partial charge < -0.3 is 5.32 Å². The highest BCUT2D eigenvalue weighted by molar-refractivity contribution is 7.88. The van der Waals surface area contributed by atoms with Gasteiger partial charge in [-0.3, -0.25) is 4.79 Å². The minimum Gasteiger partial charge on any atom is -0.359 e. The molecule has 6 heteroatoms. The van der Waals surface area contributed by atoms with Gasteiger partial charge in [0, 0.05) is 20.1 Å². The summed E-state index contributed by atoms with van der Waals surface area (Å²) < 4.78 is 26.1. The van der Waals surface area contributed by atoms with Crippen molar-refractivity contribution >= 4 is 15.9 Å². The first-order chi connectivity index (χ1) is 9.42. The Kier molecular flexibility index (Phi) is 4.45. The molecular formula is C14H20N2O3S. The van der Waals surface area contributed by atoms with Crippen molar-refractivity contribution in [1.29, 1.82) is 0 Å². The van der Waals surface area contributed by atoms with Gasteiger partial charge >= 0.3 is 0 Å². The highest BCUT2D eigenvalue weighted by atomic mass is 32.2. The third-order valence-corrected chi connectivity index (χ3v) is 5.45. The van der Waals surface area contributed by atoms with Gasteiger partial charge in [0.2, 0.25) is 15.9 Å². The number of nitrogens with one attached hydrogen (secondary N) is 1. The van der Waals surface area contributed by atoms with Crippen molar-refractivity contribution in [3.63, 3.8) is 0 Å². The van der Waals surface area contributed by atoms with Crippen LogP contribution in [0, 0.1) is 12.8 Å². The van der Waals surface area contributed by atoms with Crippen molar-refractivity contribution in [3.05, 3.63) is 35.4 Å². The smallest absolute Gasteiger partial charge is 0.224 e. The average molecular weight is 296 g/mol. The third-order valence-electron chi connectivity index (χ3n) is 3.63. The lowest BCUT2D eigenvalue weighted by molar-refractivity contribution is -0.123. The van der Waals surface area contributed by atoms with Gasteiger partial charge in [0.25, 0.3) is 0 Å². The van der Waals surface area contributed by atoms with E-state index < -0.39 is 10.0 Å². The first-order valence-electron chi connectivity index (χ1n) is 6.67. The number of rotatable bonds is 4. The van der Waals surface area contributed by atoms with E-state index in [0.717, 1.165) is 11.1 Å². The molecule has 1 fully saturated rings. The topological polar surface area (TPSA) is 66.5 Å². The predicted octanol–water partition coefficient (Wildman–Crippen LogP) is 0.893. The summed E-state index contributed by atoms with van der Waals surface area (Å²) in [5, 5.41) is 2.57. The molecule has 5 nitrogen and oxygen atoms in total. The molecule has 0 aromatic heterocycles. The van der Waals surface area contributed by atoms with Crippen LogP contribution in [-0.2, 0) is 20.6 Å². The van der Waals surface area contributed by atoms with E-state index in [1.54, 1.807) is 7.05 Å². The second kappa shape index (κ2) is 5.93. The number of aryl methyl sites for hydroxylation is 1. The first-order valence-corrected chi connectivity index (χ1v) is 8.28. The van der Waals surface area contributed by atoms with Gasteiger partial charge in [0.1, 0.15) is 0 Å². The molecular weight excluding hydrogens is 276 g/mol. The molecule has 0 radical (unpaired) electrons. The van der Waals surface area contributed by atoms with Crippen LogP contribution in [0.4, 0.5) is 0 Å². The largest absolute Gasteiger partial charge is 0.359 e. The fourth-order valence-corrected chi connectivity index (χ4v) is 3.97. The quantitative estimate of drug-likeness (QED) is 0.897. The van der Waals surface area contributed by atoms with E-state index in [2.05, 4.69) is 5.32 Å². The molecule has 1 N–H and O–H groups in total. The number of carbonyl (C=O) groups excluding carboxylic acids is 1. The predicted molar refractivity (Wildman–Crippen MR) is 77.5 cm³/mol. The van der Waals surface area contributed by atoms with E-state index in [0.29, 0.717) is 13.0 Å². The zero-order valence-electron chi connectivity index (χ0n) is 11.8. The Bertz CT molecular complexity index is 581. The van der Waals surface area contributed by atoms with Gasteiger partial charge in [-0.05, 0) is 18.9 Å². The van der Waals surface area contributed by atoms with Crippen LogP contribution in [0.25, 0.3) is 0 Å². The van der Waals surface area contributed by atoms with Crippen molar-refractivity contribution in [1.82, 2.24) is 9.62 Å². The maximum atomic E-state index is 12.3. The normalized spacial score (nSPS) is 20.0. The van der Waals surface area contributed by atoms with Crippen molar-refractivity contribution in [3.8, 4) is 0 Å². The molecule has 0 bridgehead atoms. The SMILES string of the molecule is CNC(=O)C1CCN(S(=O)(=O)Cc2ccc(C)cc2)C1. The van der Waals surface area contributed by atoms with E-state index in [-0.39, 0.29) is 24.1 Å². The summed E-state index contributed by atoms with van der Waals surface area (Å²) in [5.74, 6) is -0.320. The van der Waals surface area contributed by atoms with Crippen molar-refractivity contribution < 1.29 is 13.2 Å². The monoisotopic (exact) mass is 296 g/mol. The van der Waals surface area contributed by atoms with Crippen molar-refractivity contribution in [2.45, 2.75) is 19.1 Å². The van der Waals surface area contributed by atoms with E-state index in [1.807, 2.05) is 31.2 Å². The van der Waals surface area contributed by atoms with Crippen LogP contribution < -0.4 is 5.32 Å². The van der Waals surface area contributed by atoms with Crippen LogP contribution in [0.15, 0.2) is 24.3 Å². The first kappa shape index (κ1) is 15.0. The summed E-state index contributed by atoms with van der Waals surface area (Å²) in [6.45, 7) is 2.67. The van der Waals surface area contributed by atoms with Crippen LogP contribution in [0.5, 0.6) is 0 Å². The Hall–Kier alpha value is -1.40. The molecule has 0 aliphatic carbocycles. The maximum Gasteiger partial charge on any atom is 0.224 e. The number of benzene rings is 1. The highest BCUT2D eigenvalue weighted by Crippen LogP contribution is 2.22. The number of hydrogen-bond acceptors (Lipinski definition) is 3. The number of hydrogen-bond donors (Lipinski definition) is 1. The summed E-state index contributed by atoms with van der Waals surface area (Å²) in [5.41, 5.74) is 1.88. The van der Waals surface area contributed by atoms with Crippen LogP contribution in [0.1, 0.15) is 17.5 Å². The Balaban J connectivity index is 2.04. The van der Waals surface area contributed by atoms with Crippen molar-refractivity contribution in [2.75, 3.05) is 20.1 Å². The zero-order chi connectivity index (χ0) is 14.8. The molecule has 1 aliphatic rings. The molecule has 1 atom stereocenters. The third kappa shape index (κ3) is 3.37. The van der Waals surface area contributed by atoms with Crippen LogP contribution in [-0.4, -0.2) is 38.8 Å². The molecule has 1 aromatic carbocycles. The maximum absolute atomic E-state index is 12.3. The number of sulfonamides is 1. The lowest BCUT2D eigenvalue weighted by Gasteiger charge is -2.16. The Labute approximate surface area is 120 Å². The fourth-order valence-electron chi connectivity index (χ4n) is 2.39. The van der Waals surface area contributed by atoms with E-state index in [4.69, 9.17) is 0 Å². The number of nitrogens with zero attached hydrogens (tertiary/aromatic N) is 1. The van der Waals surface area contributed by atoms with Crippen LogP contribution in [0.3, 0.4) is 0 Å². The summed E-state index contributed by atoms with van der Waals surface area (Å²) in [7, 11) is -1.77. The van der Waals surface area contributed by atoms with Gasteiger partial charge in [-0.1, -0.05) is 29.8 Å². The van der Waals surface area contributed by atoms with E-state index >= 15 is 0 Å². The molecule has 0 saturated carbocycles. The fraction of sp³-hybridized carbons (Fsp3) is 0.500. The second-order valence-corrected chi connectivity index (χ2v) is 7.17. The highest BCUT2D eigenvalue weighted by Gasteiger charge is 2.34. The molecule has 1 amide bonds. The van der Waals surface area contributed by atoms with E-state index in [1.165, 1.54) is 4.31 Å². The van der Waals surface area contributed by atoms with Crippen LogP contribution >= 0.6 is 0 Å². The summed E-state index contributed by atoms with van der Waals surface area (Å²) in [6.07, 6.45) is 0.590. The Morgan fingerprint density at radius 3 is 2.60 bits per heavy atom. The Morgan fingerprint density at radius 2 is 2.00 bits per heavy atom. The summed E-state index contributed by atoms with van der Waals surface area (Å²) >= 11 is 0. The van der Waals surface area contributed by atoms with E-state index in [9.17, 15) is 13.2 Å². The molecule has 2 rings (SSSR count). The minimum absolute atomic E-state index is 0.00621. The van der Waals surface area contributed by atoms with Gasteiger partial charge in [0.05, 0.1) is 11.7 Å².